The summed E-state index contributed by atoms with van der Waals surface area (Å²) in [6, 6.07) is 26.2. The molecule has 0 bridgehead atoms. The number of hydrogen-bond acceptors (Lipinski definition) is 4. The molecule has 0 spiro atoms. The second-order valence-corrected chi connectivity index (χ2v) is 7.45. The molecule has 5 heteroatoms. The first kappa shape index (κ1) is 19.7. The minimum absolute atomic E-state index is 0.157. The predicted molar refractivity (Wildman–Crippen MR) is 118 cm³/mol. The van der Waals surface area contributed by atoms with Crippen molar-refractivity contribution in [2.75, 3.05) is 12.4 Å². The zero-order valence-corrected chi connectivity index (χ0v) is 16.8. The molecule has 1 aliphatic carbocycles. The van der Waals surface area contributed by atoms with Crippen LogP contribution in [0.3, 0.4) is 0 Å². The van der Waals surface area contributed by atoms with Crippen LogP contribution in [0.25, 0.3) is 0 Å². The summed E-state index contributed by atoms with van der Waals surface area (Å²) >= 11 is 0. The van der Waals surface area contributed by atoms with Gasteiger partial charge >= 0.3 is 5.97 Å². The minimum Gasteiger partial charge on any atom is -0.481 e. The molecule has 2 atom stereocenters. The first-order valence-corrected chi connectivity index (χ1v) is 9.98. The van der Waals surface area contributed by atoms with Crippen molar-refractivity contribution in [1.29, 1.82) is 0 Å². The van der Waals surface area contributed by atoms with Crippen LogP contribution in [0.15, 0.2) is 84.0 Å². The number of hydrogen-bond donors (Lipinski definition) is 2. The standard InChI is InChI=1S/C25H24N2O3/c1-30-27-24(19-7-3-2-4-8-19)20-9-5-6-17(14-20)16-26-21-12-10-18(11-13-21)22-15-23(22)25(28)29/h2-14,22-23,26H,15-16H2,1H3,(H,28,29)/b27-24-/t22?,23-/m1/s1. The van der Waals surface area contributed by atoms with E-state index in [1.54, 1.807) is 7.11 Å². The van der Waals surface area contributed by atoms with Crippen molar-refractivity contribution >= 4 is 17.4 Å². The number of anilines is 1. The molecule has 152 valence electrons. The molecule has 0 aliphatic heterocycles. The van der Waals surface area contributed by atoms with E-state index in [2.05, 4.69) is 22.6 Å². The van der Waals surface area contributed by atoms with Gasteiger partial charge in [0.05, 0.1) is 5.92 Å². The molecule has 0 radical (unpaired) electrons. The van der Waals surface area contributed by atoms with Crippen molar-refractivity contribution in [1.82, 2.24) is 0 Å². The van der Waals surface area contributed by atoms with E-state index in [0.717, 1.165) is 40.1 Å². The number of aliphatic carboxylic acids is 1. The molecular weight excluding hydrogens is 376 g/mol. The maximum absolute atomic E-state index is 11.1. The Balaban J connectivity index is 1.43. The minimum atomic E-state index is -0.700. The zero-order chi connectivity index (χ0) is 20.9. The lowest BCUT2D eigenvalue weighted by atomic mass is 10.0. The molecule has 2 N–H and O–H groups in total. The van der Waals surface area contributed by atoms with Gasteiger partial charge in [-0.3, -0.25) is 4.79 Å². The molecule has 1 aliphatic rings. The molecule has 5 nitrogen and oxygen atoms in total. The molecule has 0 aromatic heterocycles. The van der Waals surface area contributed by atoms with Crippen LogP contribution < -0.4 is 5.32 Å². The van der Waals surface area contributed by atoms with Gasteiger partial charge < -0.3 is 15.3 Å². The van der Waals surface area contributed by atoms with Crippen molar-refractivity contribution in [3.63, 3.8) is 0 Å². The van der Waals surface area contributed by atoms with Gasteiger partial charge in [0.15, 0.2) is 0 Å². The van der Waals surface area contributed by atoms with E-state index in [-0.39, 0.29) is 11.8 Å². The number of carboxylic acids is 1. The van der Waals surface area contributed by atoms with Gasteiger partial charge in [-0.1, -0.05) is 65.8 Å². The topological polar surface area (TPSA) is 70.9 Å². The van der Waals surface area contributed by atoms with Crippen molar-refractivity contribution in [2.24, 2.45) is 11.1 Å². The Morgan fingerprint density at radius 3 is 2.43 bits per heavy atom. The summed E-state index contributed by atoms with van der Waals surface area (Å²) in [6.07, 6.45) is 0.738. The van der Waals surface area contributed by atoms with Crippen LogP contribution >= 0.6 is 0 Å². The van der Waals surface area contributed by atoms with Crippen LogP contribution in [-0.4, -0.2) is 23.9 Å². The molecule has 0 heterocycles. The maximum Gasteiger partial charge on any atom is 0.307 e. The quantitative estimate of drug-likeness (QED) is 0.417. The van der Waals surface area contributed by atoms with E-state index in [0.29, 0.717) is 6.54 Å². The molecule has 1 fully saturated rings. The van der Waals surface area contributed by atoms with E-state index < -0.39 is 5.97 Å². The highest BCUT2D eigenvalue weighted by atomic mass is 16.6. The Kier molecular flexibility index (Phi) is 5.80. The summed E-state index contributed by atoms with van der Waals surface area (Å²) in [5.74, 6) is -0.766. The van der Waals surface area contributed by atoms with Gasteiger partial charge in [-0.05, 0) is 41.7 Å². The first-order chi connectivity index (χ1) is 14.7. The summed E-state index contributed by atoms with van der Waals surface area (Å²) < 4.78 is 0. The molecule has 1 unspecified atom stereocenters. The van der Waals surface area contributed by atoms with Crippen molar-refractivity contribution in [3.8, 4) is 0 Å². The third kappa shape index (κ3) is 4.51. The largest absolute Gasteiger partial charge is 0.481 e. The van der Waals surface area contributed by atoms with E-state index in [1.807, 2.05) is 66.7 Å². The zero-order valence-electron chi connectivity index (χ0n) is 16.8. The Morgan fingerprint density at radius 1 is 1.03 bits per heavy atom. The van der Waals surface area contributed by atoms with Gasteiger partial charge in [-0.15, -0.1) is 0 Å². The second kappa shape index (κ2) is 8.82. The van der Waals surface area contributed by atoms with Gasteiger partial charge in [0.25, 0.3) is 0 Å². The summed E-state index contributed by atoms with van der Waals surface area (Å²) in [7, 11) is 1.55. The number of nitrogens with one attached hydrogen (secondary N) is 1. The van der Waals surface area contributed by atoms with Crippen LogP contribution in [0, 0.1) is 5.92 Å². The van der Waals surface area contributed by atoms with E-state index in [4.69, 9.17) is 9.94 Å². The van der Waals surface area contributed by atoms with Gasteiger partial charge in [0.2, 0.25) is 0 Å². The second-order valence-electron chi connectivity index (χ2n) is 7.45. The predicted octanol–water partition coefficient (Wildman–Crippen LogP) is 4.89. The van der Waals surface area contributed by atoms with Crippen molar-refractivity contribution in [3.05, 3.63) is 101 Å². The molecular formula is C25H24N2O3. The lowest BCUT2D eigenvalue weighted by molar-refractivity contribution is -0.138. The van der Waals surface area contributed by atoms with Gasteiger partial charge in [-0.25, -0.2) is 0 Å². The lowest BCUT2D eigenvalue weighted by Crippen LogP contribution is -2.06. The smallest absolute Gasteiger partial charge is 0.307 e. The number of nitrogens with zero attached hydrogens (tertiary/aromatic N) is 1. The average molecular weight is 400 g/mol. The fourth-order valence-electron chi connectivity index (χ4n) is 3.68. The van der Waals surface area contributed by atoms with Crippen molar-refractivity contribution < 1.29 is 14.7 Å². The van der Waals surface area contributed by atoms with Crippen LogP contribution in [0.2, 0.25) is 0 Å². The molecule has 3 aromatic carbocycles. The lowest BCUT2D eigenvalue weighted by Gasteiger charge is -2.11. The van der Waals surface area contributed by atoms with Crippen LogP contribution in [0.1, 0.15) is 34.6 Å². The Hall–Kier alpha value is -3.60. The third-order valence-corrected chi connectivity index (χ3v) is 5.37. The Labute approximate surface area is 176 Å². The molecule has 30 heavy (non-hydrogen) atoms. The number of carboxylic acid groups (broad SMARTS) is 1. The van der Waals surface area contributed by atoms with Gasteiger partial charge in [0.1, 0.15) is 12.8 Å². The highest BCUT2D eigenvalue weighted by molar-refractivity contribution is 6.12. The summed E-state index contributed by atoms with van der Waals surface area (Å²) in [4.78, 5) is 16.1. The van der Waals surface area contributed by atoms with Crippen LogP contribution in [0.4, 0.5) is 5.69 Å². The first-order valence-electron chi connectivity index (χ1n) is 9.98. The van der Waals surface area contributed by atoms with Crippen molar-refractivity contribution in [2.45, 2.75) is 18.9 Å². The number of rotatable bonds is 8. The molecule has 1 saturated carbocycles. The molecule has 3 aromatic rings. The monoisotopic (exact) mass is 400 g/mol. The summed E-state index contributed by atoms with van der Waals surface area (Å²) in [5, 5.41) is 16.8. The molecule has 0 saturated heterocycles. The SMILES string of the molecule is CO/N=C(/c1ccccc1)c1cccc(CNc2ccc(C3C[C@H]3C(=O)O)cc2)c1. The highest BCUT2D eigenvalue weighted by Crippen LogP contribution is 2.47. The van der Waals surface area contributed by atoms with Crippen LogP contribution in [-0.2, 0) is 16.2 Å². The number of carbonyl (C=O) groups is 1. The van der Waals surface area contributed by atoms with Gasteiger partial charge in [-0.2, -0.15) is 0 Å². The normalized spacial score (nSPS) is 18.0. The fourth-order valence-corrected chi connectivity index (χ4v) is 3.68. The average Bonchev–Trinajstić information content (AvgIpc) is 3.59. The Bertz CT molecular complexity index is 1050. The number of oxime groups is 1. The highest BCUT2D eigenvalue weighted by Gasteiger charge is 2.43. The maximum atomic E-state index is 11.1. The number of benzene rings is 3. The molecule has 4 rings (SSSR count). The summed E-state index contributed by atoms with van der Waals surface area (Å²) in [6.45, 7) is 0.670. The van der Waals surface area contributed by atoms with Gasteiger partial charge in [0, 0.05) is 23.4 Å². The fraction of sp³-hybridized carbons (Fsp3) is 0.200. The molecule has 0 amide bonds. The van der Waals surface area contributed by atoms with E-state index >= 15 is 0 Å². The van der Waals surface area contributed by atoms with E-state index in [9.17, 15) is 4.79 Å². The summed E-state index contributed by atoms with van der Waals surface area (Å²) in [5.41, 5.74) is 6.01. The third-order valence-electron chi connectivity index (χ3n) is 5.37. The van der Waals surface area contributed by atoms with E-state index in [1.165, 1.54) is 0 Å². The Morgan fingerprint density at radius 2 is 1.77 bits per heavy atom. The van der Waals surface area contributed by atoms with Crippen LogP contribution in [0.5, 0.6) is 0 Å².